The molecule has 1 fully saturated rings. The number of hydrogen-bond acceptors (Lipinski definition) is 0. The van der Waals surface area contributed by atoms with E-state index >= 15 is 0 Å². The van der Waals surface area contributed by atoms with E-state index in [0.29, 0.717) is 0 Å². The van der Waals surface area contributed by atoms with Gasteiger partial charge in [-0.3, -0.25) is 0 Å². The first-order valence-corrected chi connectivity index (χ1v) is 2.71. The minimum absolute atomic E-state index is 0. The summed E-state index contributed by atoms with van der Waals surface area (Å²) in [6.45, 7) is 2.26. The van der Waals surface area contributed by atoms with E-state index in [2.05, 4.69) is 6.92 Å². The molecule has 0 aliphatic heterocycles. The van der Waals surface area contributed by atoms with Crippen LogP contribution in [0.2, 0.25) is 0 Å². The second-order valence-corrected chi connectivity index (χ2v) is 2.16. The van der Waals surface area contributed by atoms with Gasteiger partial charge in [-0.05, 0) is 18.8 Å². The van der Waals surface area contributed by atoms with Crippen molar-refractivity contribution in [3.05, 3.63) is 5.92 Å². The molecule has 0 aromatic heterocycles. The summed E-state index contributed by atoms with van der Waals surface area (Å²) < 4.78 is 0. The molecule has 0 saturated heterocycles. The normalized spacial score (nSPS) is 21.9. The second-order valence-electron chi connectivity index (χ2n) is 2.16. The minimum Gasteiger partial charge on any atom is -0.0591 e. The van der Waals surface area contributed by atoms with Crippen molar-refractivity contribution in [3.8, 4) is 0 Å². The van der Waals surface area contributed by atoms with Crippen LogP contribution in [0.1, 0.15) is 32.6 Å². The quantitative estimate of drug-likeness (QED) is 0.462. The molecule has 37 valence electrons. The van der Waals surface area contributed by atoms with Crippen molar-refractivity contribution in [1.82, 2.24) is 0 Å². The molecule has 1 rings (SSSR count). The Morgan fingerprint density at radius 1 is 1.14 bits per heavy atom. The summed E-state index contributed by atoms with van der Waals surface area (Å²) in [6.07, 6.45) is 5.71. The van der Waals surface area contributed by atoms with Crippen molar-refractivity contribution in [2.75, 3.05) is 0 Å². The van der Waals surface area contributed by atoms with Crippen molar-refractivity contribution < 1.29 is 19.5 Å². The van der Waals surface area contributed by atoms with Crippen LogP contribution in [0.3, 0.4) is 0 Å². The van der Waals surface area contributed by atoms with Crippen LogP contribution in [-0.2, 0) is 19.5 Å². The maximum atomic E-state index is 2.26. The Labute approximate surface area is 58.4 Å². The summed E-state index contributed by atoms with van der Waals surface area (Å²) in [5.74, 6) is 1.70. The van der Waals surface area contributed by atoms with Crippen LogP contribution in [-0.4, -0.2) is 0 Å². The maximum absolute atomic E-state index is 2.26. The van der Waals surface area contributed by atoms with Crippen LogP contribution in [0.5, 0.6) is 0 Å². The molecule has 0 amide bonds. The molecule has 0 heterocycles. The van der Waals surface area contributed by atoms with E-state index in [0.717, 1.165) is 0 Å². The monoisotopic (exact) mass is 147 g/mol. The van der Waals surface area contributed by atoms with Gasteiger partial charge in [0.1, 0.15) is 0 Å². The molecule has 7 heavy (non-hydrogen) atoms. The standard InChI is InChI=1S/C6H11.Zn/c1-6-4-2-3-5-6;/h2-5H2,1H3;. The molecule has 0 atom stereocenters. The van der Waals surface area contributed by atoms with Crippen LogP contribution in [0.25, 0.3) is 0 Å². The molecule has 1 heteroatoms. The van der Waals surface area contributed by atoms with Gasteiger partial charge in [0, 0.05) is 19.5 Å². The Morgan fingerprint density at radius 3 is 1.71 bits per heavy atom. The molecular formula is C6H11Zn. The van der Waals surface area contributed by atoms with E-state index in [-0.39, 0.29) is 19.5 Å². The van der Waals surface area contributed by atoms with Gasteiger partial charge < -0.3 is 0 Å². The molecular weight excluding hydrogens is 137 g/mol. The fourth-order valence-corrected chi connectivity index (χ4v) is 0.979. The third-order valence-electron chi connectivity index (χ3n) is 1.46. The van der Waals surface area contributed by atoms with E-state index in [1.807, 2.05) is 0 Å². The van der Waals surface area contributed by atoms with Gasteiger partial charge in [-0.1, -0.05) is 19.8 Å². The number of hydrogen-bond donors (Lipinski definition) is 0. The van der Waals surface area contributed by atoms with Gasteiger partial charge in [-0.15, -0.1) is 0 Å². The van der Waals surface area contributed by atoms with Gasteiger partial charge in [0.2, 0.25) is 0 Å². The zero-order valence-electron chi connectivity index (χ0n) is 5.04. The van der Waals surface area contributed by atoms with Gasteiger partial charge >= 0.3 is 0 Å². The average molecular weight is 149 g/mol. The second kappa shape index (κ2) is 3.60. The van der Waals surface area contributed by atoms with Crippen molar-refractivity contribution in [2.24, 2.45) is 0 Å². The van der Waals surface area contributed by atoms with E-state index in [4.69, 9.17) is 0 Å². The summed E-state index contributed by atoms with van der Waals surface area (Å²) in [4.78, 5) is 0. The SMILES string of the molecule is C[C]1CCCC1.[Zn]. The summed E-state index contributed by atoms with van der Waals surface area (Å²) in [7, 11) is 0. The topological polar surface area (TPSA) is 0 Å². The summed E-state index contributed by atoms with van der Waals surface area (Å²) in [6, 6.07) is 0. The molecule has 0 bridgehead atoms. The van der Waals surface area contributed by atoms with Gasteiger partial charge in [-0.25, -0.2) is 0 Å². The number of rotatable bonds is 0. The van der Waals surface area contributed by atoms with Crippen molar-refractivity contribution in [2.45, 2.75) is 32.6 Å². The largest absolute Gasteiger partial charge is 0.0591 e. The molecule has 0 nitrogen and oxygen atoms in total. The molecule has 0 spiro atoms. The van der Waals surface area contributed by atoms with Gasteiger partial charge in [0.05, 0.1) is 0 Å². The van der Waals surface area contributed by atoms with E-state index < -0.39 is 0 Å². The third kappa shape index (κ3) is 2.44. The first kappa shape index (κ1) is 7.62. The maximum Gasteiger partial charge on any atom is 0 e. The zero-order valence-corrected chi connectivity index (χ0v) is 8.00. The first-order chi connectivity index (χ1) is 2.89. The van der Waals surface area contributed by atoms with E-state index in [9.17, 15) is 0 Å². The fourth-order valence-electron chi connectivity index (χ4n) is 0.979. The van der Waals surface area contributed by atoms with Crippen LogP contribution >= 0.6 is 0 Å². The predicted molar refractivity (Wildman–Crippen MR) is 27.4 cm³/mol. The minimum atomic E-state index is 0. The Kier molecular flexibility index (Phi) is 3.92. The third-order valence-corrected chi connectivity index (χ3v) is 1.46. The zero-order chi connectivity index (χ0) is 4.41. The smallest absolute Gasteiger partial charge is 0 e. The van der Waals surface area contributed by atoms with E-state index in [1.54, 1.807) is 5.92 Å². The molecule has 0 aromatic rings. The van der Waals surface area contributed by atoms with Crippen LogP contribution < -0.4 is 0 Å². The van der Waals surface area contributed by atoms with Crippen molar-refractivity contribution in [1.29, 1.82) is 0 Å². The van der Waals surface area contributed by atoms with Gasteiger partial charge in [-0.2, -0.15) is 0 Å². The Bertz CT molecular complexity index is 37.4. The van der Waals surface area contributed by atoms with E-state index in [1.165, 1.54) is 25.7 Å². The molecule has 1 aliphatic rings. The summed E-state index contributed by atoms with van der Waals surface area (Å²) >= 11 is 0. The molecule has 1 saturated carbocycles. The molecule has 1 radical (unpaired) electrons. The average Bonchev–Trinajstić information content (AvgIpc) is 1.86. The Morgan fingerprint density at radius 2 is 1.57 bits per heavy atom. The Hall–Kier alpha value is 0.623. The molecule has 0 unspecified atom stereocenters. The Balaban J connectivity index is 0.000000360. The van der Waals surface area contributed by atoms with Crippen LogP contribution in [0.4, 0.5) is 0 Å². The van der Waals surface area contributed by atoms with Crippen LogP contribution in [0, 0.1) is 5.92 Å². The fraction of sp³-hybridized carbons (Fsp3) is 0.833. The summed E-state index contributed by atoms with van der Waals surface area (Å²) in [5, 5.41) is 0. The molecule has 1 aliphatic carbocycles. The predicted octanol–water partition coefficient (Wildman–Crippen LogP) is 2.15. The molecule has 0 N–H and O–H groups in total. The summed E-state index contributed by atoms with van der Waals surface area (Å²) in [5.41, 5.74) is 0. The van der Waals surface area contributed by atoms with Gasteiger partial charge in [0.15, 0.2) is 0 Å². The first-order valence-electron chi connectivity index (χ1n) is 2.71. The van der Waals surface area contributed by atoms with Crippen molar-refractivity contribution >= 4 is 0 Å². The van der Waals surface area contributed by atoms with Crippen molar-refractivity contribution in [3.63, 3.8) is 0 Å². The van der Waals surface area contributed by atoms with Crippen LogP contribution in [0.15, 0.2) is 0 Å². The molecule has 0 aromatic carbocycles. The van der Waals surface area contributed by atoms with Gasteiger partial charge in [0.25, 0.3) is 0 Å².